The van der Waals surface area contributed by atoms with Crippen molar-refractivity contribution in [1.29, 1.82) is 0 Å². The van der Waals surface area contributed by atoms with Crippen LogP contribution in [0.3, 0.4) is 0 Å². The summed E-state index contributed by atoms with van der Waals surface area (Å²) in [6, 6.07) is 0. The van der Waals surface area contributed by atoms with Crippen LogP contribution in [-0.4, -0.2) is 23.4 Å². The highest BCUT2D eigenvalue weighted by molar-refractivity contribution is 5.09. The second-order valence-electron chi connectivity index (χ2n) is 2.24. The molecule has 0 radical (unpaired) electrons. The number of aliphatic hydroxyl groups excluding tert-OH is 2. The Bertz CT molecular complexity index is 101. The molecule has 0 unspecified atom stereocenters. The van der Waals surface area contributed by atoms with Crippen molar-refractivity contribution >= 4 is 0 Å². The Hall–Kier alpha value is -0.340. The predicted molar refractivity (Wildman–Crippen MR) is 37.2 cm³/mol. The molecule has 0 amide bonds. The molecule has 0 spiro atoms. The van der Waals surface area contributed by atoms with Gasteiger partial charge in [0.1, 0.15) is 0 Å². The largest absolute Gasteiger partial charge is 0.396 e. The van der Waals surface area contributed by atoms with Crippen LogP contribution in [0.2, 0.25) is 0 Å². The minimum Gasteiger partial charge on any atom is -0.396 e. The summed E-state index contributed by atoms with van der Waals surface area (Å²) in [6.45, 7) is 4.06. The summed E-state index contributed by atoms with van der Waals surface area (Å²) in [5, 5.41) is 17.1. The average molecular weight is 130 g/mol. The fourth-order valence-electron chi connectivity index (χ4n) is 0.622. The van der Waals surface area contributed by atoms with Gasteiger partial charge in [0.15, 0.2) is 0 Å². The third-order valence-corrected chi connectivity index (χ3v) is 1.31. The van der Waals surface area contributed by atoms with Gasteiger partial charge in [0.2, 0.25) is 0 Å². The molecule has 0 rings (SSSR count). The molecule has 0 fully saturated rings. The lowest BCUT2D eigenvalue weighted by Gasteiger charge is -2.02. The number of aliphatic hydroxyl groups is 2. The smallest absolute Gasteiger partial charge is 0.0645 e. The van der Waals surface area contributed by atoms with Crippen LogP contribution >= 0.6 is 0 Å². The molecule has 0 aromatic carbocycles. The van der Waals surface area contributed by atoms with Crippen molar-refractivity contribution in [2.75, 3.05) is 13.2 Å². The zero-order chi connectivity index (χ0) is 7.28. The maximum Gasteiger partial charge on any atom is 0.0645 e. The number of allylic oxidation sites excluding steroid dienone is 1. The fourth-order valence-corrected chi connectivity index (χ4v) is 0.622. The lowest BCUT2D eigenvalue weighted by Crippen LogP contribution is -1.95. The molecule has 0 saturated carbocycles. The first kappa shape index (κ1) is 8.66. The molecule has 0 bridgehead atoms. The van der Waals surface area contributed by atoms with E-state index < -0.39 is 0 Å². The number of hydrogen-bond acceptors (Lipinski definition) is 2. The van der Waals surface area contributed by atoms with E-state index in [9.17, 15) is 0 Å². The molecule has 0 aliphatic rings. The van der Waals surface area contributed by atoms with Gasteiger partial charge in [-0.1, -0.05) is 5.57 Å². The molecule has 2 nitrogen and oxygen atoms in total. The molecule has 0 aliphatic carbocycles. The number of rotatable bonds is 3. The van der Waals surface area contributed by atoms with Gasteiger partial charge < -0.3 is 10.2 Å². The van der Waals surface area contributed by atoms with Crippen molar-refractivity contribution in [3.05, 3.63) is 11.1 Å². The lowest BCUT2D eigenvalue weighted by molar-refractivity contribution is 0.277. The fraction of sp³-hybridized carbons (Fsp3) is 0.714. The van der Waals surface area contributed by atoms with E-state index in [-0.39, 0.29) is 13.2 Å². The maximum atomic E-state index is 8.66. The average Bonchev–Trinajstić information content (AvgIpc) is 1.82. The second-order valence-corrected chi connectivity index (χ2v) is 2.24. The normalized spacial score (nSPS) is 9.33. The van der Waals surface area contributed by atoms with E-state index in [1.807, 2.05) is 13.8 Å². The summed E-state index contributed by atoms with van der Waals surface area (Å²) in [7, 11) is 0. The van der Waals surface area contributed by atoms with E-state index >= 15 is 0 Å². The van der Waals surface area contributed by atoms with Crippen LogP contribution in [0, 0.1) is 0 Å². The first-order chi connectivity index (χ1) is 4.22. The zero-order valence-corrected chi connectivity index (χ0v) is 6.02. The molecule has 2 N–H and O–H groups in total. The summed E-state index contributed by atoms with van der Waals surface area (Å²) in [6.07, 6.45) is 0.596. The Labute approximate surface area is 55.8 Å². The summed E-state index contributed by atoms with van der Waals surface area (Å²) < 4.78 is 0. The summed E-state index contributed by atoms with van der Waals surface area (Å²) in [5.74, 6) is 0. The van der Waals surface area contributed by atoms with Crippen LogP contribution < -0.4 is 0 Å². The Kier molecular flexibility index (Phi) is 4.36. The SMILES string of the molecule is CC(C)=C(CO)CCO. The molecule has 54 valence electrons. The van der Waals surface area contributed by atoms with E-state index in [1.54, 1.807) is 0 Å². The Morgan fingerprint density at radius 3 is 1.89 bits per heavy atom. The van der Waals surface area contributed by atoms with Gasteiger partial charge in [0.05, 0.1) is 6.61 Å². The van der Waals surface area contributed by atoms with Gasteiger partial charge in [-0.15, -0.1) is 0 Å². The second kappa shape index (κ2) is 4.53. The predicted octanol–water partition coefficient (Wildman–Crippen LogP) is 0.698. The van der Waals surface area contributed by atoms with Crippen LogP contribution in [0.1, 0.15) is 20.3 Å². The van der Waals surface area contributed by atoms with Gasteiger partial charge in [0, 0.05) is 6.61 Å². The first-order valence-electron chi connectivity index (χ1n) is 3.09. The van der Waals surface area contributed by atoms with Crippen molar-refractivity contribution in [3.8, 4) is 0 Å². The van der Waals surface area contributed by atoms with Crippen LogP contribution in [-0.2, 0) is 0 Å². The lowest BCUT2D eigenvalue weighted by atomic mass is 10.1. The Balaban J connectivity index is 3.83. The first-order valence-corrected chi connectivity index (χ1v) is 3.09. The van der Waals surface area contributed by atoms with Crippen molar-refractivity contribution in [1.82, 2.24) is 0 Å². The van der Waals surface area contributed by atoms with Crippen LogP contribution in [0.4, 0.5) is 0 Å². The summed E-state index contributed by atoms with van der Waals surface area (Å²) in [4.78, 5) is 0. The minimum absolute atomic E-state index is 0.0723. The van der Waals surface area contributed by atoms with E-state index in [4.69, 9.17) is 10.2 Å². The van der Waals surface area contributed by atoms with Crippen molar-refractivity contribution in [2.24, 2.45) is 0 Å². The van der Waals surface area contributed by atoms with Crippen molar-refractivity contribution < 1.29 is 10.2 Å². The van der Waals surface area contributed by atoms with Gasteiger partial charge >= 0.3 is 0 Å². The molecule has 0 aliphatic heterocycles. The highest BCUT2D eigenvalue weighted by Crippen LogP contribution is 2.05. The molecule has 0 aromatic heterocycles. The van der Waals surface area contributed by atoms with E-state index in [0.717, 1.165) is 11.1 Å². The molecule has 0 atom stereocenters. The monoisotopic (exact) mass is 130 g/mol. The van der Waals surface area contributed by atoms with Gasteiger partial charge in [0.25, 0.3) is 0 Å². The molecule has 0 heterocycles. The number of hydrogen-bond donors (Lipinski definition) is 2. The van der Waals surface area contributed by atoms with Gasteiger partial charge in [-0.3, -0.25) is 0 Å². The van der Waals surface area contributed by atoms with Gasteiger partial charge in [-0.2, -0.15) is 0 Å². The van der Waals surface area contributed by atoms with Crippen LogP contribution in [0.25, 0.3) is 0 Å². The molecule has 0 aromatic rings. The van der Waals surface area contributed by atoms with Gasteiger partial charge in [-0.25, -0.2) is 0 Å². The highest BCUT2D eigenvalue weighted by Gasteiger charge is 1.94. The van der Waals surface area contributed by atoms with E-state index in [1.165, 1.54) is 0 Å². The molecule has 9 heavy (non-hydrogen) atoms. The standard InChI is InChI=1S/C7H14O2/c1-6(2)7(5-9)3-4-8/h8-9H,3-5H2,1-2H3. The summed E-state index contributed by atoms with van der Waals surface area (Å²) >= 11 is 0. The molecular formula is C7H14O2. The third-order valence-electron chi connectivity index (χ3n) is 1.31. The van der Waals surface area contributed by atoms with Crippen LogP contribution in [0.15, 0.2) is 11.1 Å². The quantitative estimate of drug-likeness (QED) is 0.552. The minimum atomic E-state index is 0.0723. The zero-order valence-electron chi connectivity index (χ0n) is 6.02. The van der Waals surface area contributed by atoms with Crippen molar-refractivity contribution in [3.63, 3.8) is 0 Å². The molecule has 2 heteroatoms. The molecule has 0 saturated heterocycles. The third kappa shape index (κ3) is 3.27. The highest BCUT2D eigenvalue weighted by atomic mass is 16.3. The van der Waals surface area contributed by atoms with Crippen LogP contribution in [0.5, 0.6) is 0 Å². The van der Waals surface area contributed by atoms with Gasteiger partial charge in [-0.05, 0) is 25.8 Å². The Morgan fingerprint density at radius 2 is 1.78 bits per heavy atom. The summed E-state index contributed by atoms with van der Waals surface area (Å²) in [5.41, 5.74) is 2.05. The molecular weight excluding hydrogens is 116 g/mol. The van der Waals surface area contributed by atoms with E-state index in [0.29, 0.717) is 6.42 Å². The van der Waals surface area contributed by atoms with Crippen molar-refractivity contribution in [2.45, 2.75) is 20.3 Å². The Morgan fingerprint density at radius 1 is 1.22 bits per heavy atom. The van der Waals surface area contributed by atoms with E-state index in [2.05, 4.69) is 0 Å². The maximum absolute atomic E-state index is 8.66. The topological polar surface area (TPSA) is 40.5 Å².